The molecule has 1 rings (SSSR count). The summed E-state index contributed by atoms with van der Waals surface area (Å²) < 4.78 is 4.67. The number of aromatic carboxylic acids is 1. The fourth-order valence-corrected chi connectivity index (χ4v) is 0.799. The van der Waals surface area contributed by atoms with Crippen LogP contribution < -0.4 is 4.74 Å². The zero-order chi connectivity index (χ0) is 9.84. The van der Waals surface area contributed by atoms with Crippen molar-refractivity contribution >= 4 is 11.9 Å². The van der Waals surface area contributed by atoms with E-state index in [4.69, 9.17) is 5.11 Å². The molecule has 4 nitrogen and oxygen atoms in total. The van der Waals surface area contributed by atoms with E-state index in [-0.39, 0.29) is 11.3 Å². The first kappa shape index (κ1) is 9.25. The van der Waals surface area contributed by atoms with Crippen molar-refractivity contribution in [2.75, 3.05) is 0 Å². The predicted octanol–water partition coefficient (Wildman–Crippen LogP) is 1.11. The largest absolute Gasteiger partial charge is 0.478 e. The summed E-state index contributed by atoms with van der Waals surface area (Å²) in [5.41, 5.74) is 0.0405. The molecule has 0 bridgehead atoms. The van der Waals surface area contributed by atoms with E-state index >= 15 is 0 Å². The lowest BCUT2D eigenvalue weighted by Gasteiger charge is -2.00. The molecule has 0 heterocycles. The van der Waals surface area contributed by atoms with Crippen molar-refractivity contribution in [2.24, 2.45) is 0 Å². The molecule has 1 N–H and O–H groups in total. The van der Waals surface area contributed by atoms with Gasteiger partial charge in [0.1, 0.15) is 5.75 Å². The van der Waals surface area contributed by atoms with Gasteiger partial charge < -0.3 is 9.84 Å². The molecule has 0 atom stereocenters. The van der Waals surface area contributed by atoms with Crippen molar-refractivity contribution in [1.82, 2.24) is 0 Å². The second kappa shape index (κ2) is 3.71. The van der Waals surface area contributed by atoms with Crippen LogP contribution in [-0.2, 0) is 4.79 Å². The Balaban J connectivity index is 2.91. The van der Waals surface area contributed by atoms with Gasteiger partial charge in [-0.15, -0.1) is 0 Å². The average molecular weight is 179 g/mol. The maximum absolute atomic E-state index is 10.5. The van der Waals surface area contributed by atoms with E-state index < -0.39 is 11.9 Å². The number of carbonyl (C=O) groups is 2. The molecule has 1 aromatic rings. The molecule has 0 saturated heterocycles. The maximum Gasteiger partial charge on any atom is 0.335 e. The summed E-state index contributed by atoms with van der Waals surface area (Å²) >= 11 is 0. The Labute approximate surface area is 74.8 Å². The summed E-state index contributed by atoms with van der Waals surface area (Å²) in [6, 6.07) is 6.52. The Hall–Kier alpha value is -1.84. The van der Waals surface area contributed by atoms with E-state index in [9.17, 15) is 9.59 Å². The van der Waals surface area contributed by atoms with Gasteiger partial charge in [0.05, 0.1) is 5.56 Å². The van der Waals surface area contributed by atoms with Gasteiger partial charge >= 0.3 is 11.9 Å². The van der Waals surface area contributed by atoms with Crippen LogP contribution in [0, 0.1) is 6.07 Å². The van der Waals surface area contributed by atoms with Gasteiger partial charge in [-0.2, -0.15) is 0 Å². The molecule has 1 aromatic carbocycles. The molecule has 0 unspecified atom stereocenters. The van der Waals surface area contributed by atoms with Crippen LogP contribution >= 0.6 is 0 Å². The number of carbonyl (C=O) groups excluding carboxylic acids is 1. The van der Waals surface area contributed by atoms with Gasteiger partial charge in [-0.1, -0.05) is 0 Å². The van der Waals surface area contributed by atoms with Crippen LogP contribution in [0.1, 0.15) is 17.3 Å². The highest BCUT2D eigenvalue weighted by Gasteiger charge is 2.04. The van der Waals surface area contributed by atoms with Gasteiger partial charge in [0.2, 0.25) is 0 Å². The SMILES string of the molecule is CC(=O)Oc1c[c]cc(C(=O)O)c1. The quantitative estimate of drug-likeness (QED) is 0.545. The molecule has 0 aromatic heterocycles. The summed E-state index contributed by atoms with van der Waals surface area (Å²) in [6.45, 7) is 1.24. The molecular formula is C9H7O4. The second-order valence-electron chi connectivity index (χ2n) is 2.36. The monoisotopic (exact) mass is 179 g/mol. The third-order valence-corrected chi connectivity index (χ3v) is 1.27. The fraction of sp³-hybridized carbons (Fsp3) is 0.111. The molecule has 1 radical (unpaired) electrons. The molecule has 4 heteroatoms. The molecule has 0 aliphatic carbocycles. The molecule has 0 saturated carbocycles. The van der Waals surface area contributed by atoms with Gasteiger partial charge in [0, 0.05) is 6.92 Å². The summed E-state index contributed by atoms with van der Waals surface area (Å²) in [6.07, 6.45) is 0. The zero-order valence-electron chi connectivity index (χ0n) is 6.90. The number of hydrogen-bond acceptors (Lipinski definition) is 3. The summed E-state index contributed by atoms with van der Waals surface area (Å²) in [5.74, 6) is -1.38. The number of hydrogen-bond donors (Lipinski definition) is 1. The van der Waals surface area contributed by atoms with Crippen LogP contribution in [0.25, 0.3) is 0 Å². The third-order valence-electron chi connectivity index (χ3n) is 1.27. The van der Waals surface area contributed by atoms with Crippen molar-refractivity contribution in [3.05, 3.63) is 29.8 Å². The predicted molar refractivity (Wildman–Crippen MR) is 43.5 cm³/mol. The van der Waals surface area contributed by atoms with Crippen LogP contribution in [0.3, 0.4) is 0 Å². The van der Waals surface area contributed by atoms with Crippen molar-refractivity contribution in [3.8, 4) is 5.75 Å². The van der Waals surface area contributed by atoms with Gasteiger partial charge in [0.15, 0.2) is 0 Å². The van der Waals surface area contributed by atoms with E-state index in [2.05, 4.69) is 10.8 Å². The first-order valence-electron chi connectivity index (χ1n) is 3.52. The summed E-state index contributed by atoms with van der Waals surface area (Å²) in [5, 5.41) is 8.58. The number of rotatable bonds is 2. The van der Waals surface area contributed by atoms with Gasteiger partial charge in [-0.05, 0) is 24.3 Å². The third kappa shape index (κ3) is 2.59. The summed E-state index contributed by atoms with van der Waals surface area (Å²) in [4.78, 5) is 21.0. The van der Waals surface area contributed by atoms with Crippen molar-refractivity contribution in [1.29, 1.82) is 0 Å². The Morgan fingerprint density at radius 1 is 1.46 bits per heavy atom. The smallest absolute Gasteiger partial charge is 0.335 e. The van der Waals surface area contributed by atoms with Crippen LogP contribution in [0.2, 0.25) is 0 Å². The van der Waals surface area contributed by atoms with Crippen LogP contribution in [-0.4, -0.2) is 17.0 Å². The Morgan fingerprint density at radius 2 is 2.15 bits per heavy atom. The first-order valence-corrected chi connectivity index (χ1v) is 3.52. The van der Waals surface area contributed by atoms with Crippen molar-refractivity contribution in [2.45, 2.75) is 6.92 Å². The molecule has 0 amide bonds. The lowest BCUT2D eigenvalue weighted by Crippen LogP contribution is -2.03. The lowest BCUT2D eigenvalue weighted by molar-refractivity contribution is -0.131. The van der Waals surface area contributed by atoms with Crippen molar-refractivity contribution < 1.29 is 19.4 Å². The van der Waals surface area contributed by atoms with E-state index in [1.54, 1.807) is 0 Å². The minimum atomic E-state index is -1.08. The molecular weight excluding hydrogens is 172 g/mol. The molecule has 0 aliphatic rings. The summed E-state index contributed by atoms with van der Waals surface area (Å²) in [7, 11) is 0. The highest BCUT2D eigenvalue weighted by atomic mass is 16.5. The van der Waals surface area contributed by atoms with E-state index in [1.807, 2.05) is 0 Å². The molecule has 0 fully saturated rings. The van der Waals surface area contributed by atoms with E-state index in [0.717, 1.165) is 0 Å². The van der Waals surface area contributed by atoms with Gasteiger partial charge in [0.25, 0.3) is 0 Å². The normalized spacial score (nSPS) is 9.31. The molecule has 0 aliphatic heterocycles. The minimum Gasteiger partial charge on any atom is -0.478 e. The second-order valence-corrected chi connectivity index (χ2v) is 2.36. The number of esters is 1. The lowest BCUT2D eigenvalue weighted by atomic mass is 10.2. The highest BCUT2D eigenvalue weighted by Crippen LogP contribution is 2.12. The van der Waals surface area contributed by atoms with Crippen LogP contribution in [0.4, 0.5) is 0 Å². The topological polar surface area (TPSA) is 63.6 Å². The number of ether oxygens (including phenoxy) is 1. The first-order chi connectivity index (χ1) is 6.09. The average Bonchev–Trinajstić information content (AvgIpc) is 2.03. The molecule has 0 spiro atoms. The fourth-order valence-electron chi connectivity index (χ4n) is 0.799. The highest BCUT2D eigenvalue weighted by molar-refractivity contribution is 5.88. The van der Waals surface area contributed by atoms with Crippen LogP contribution in [0.15, 0.2) is 18.2 Å². The minimum absolute atomic E-state index is 0.0405. The molecule has 67 valence electrons. The Bertz CT molecular complexity index is 343. The van der Waals surface area contributed by atoms with Crippen molar-refractivity contribution in [3.63, 3.8) is 0 Å². The standard InChI is InChI=1S/C9H7O4/c1-6(10)13-8-4-2-3-7(5-8)9(11)12/h3-5H,1H3,(H,11,12). The van der Waals surface area contributed by atoms with Gasteiger partial charge in [-0.25, -0.2) is 4.79 Å². The Kier molecular flexibility index (Phi) is 2.64. The number of carboxylic acid groups (broad SMARTS) is 1. The Morgan fingerprint density at radius 3 is 2.69 bits per heavy atom. The van der Waals surface area contributed by atoms with Gasteiger partial charge in [-0.3, -0.25) is 4.79 Å². The zero-order valence-corrected chi connectivity index (χ0v) is 6.90. The van der Waals surface area contributed by atoms with E-state index in [0.29, 0.717) is 0 Å². The molecule has 13 heavy (non-hydrogen) atoms. The van der Waals surface area contributed by atoms with E-state index in [1.165, 1.54) is 25.1 Å². The van der Waals surface area contributed by atoms with Crippen LogP contribution in [0.5, 0.6) is 5.75 Å². The maximum atomic E-state index is 10.5. The number of benzene rings is 1. The number of carboxylic acids is 1.